The number of piperazine rings is 1. The molecule has 0 radical (unpaired) electrons. The molecule has 6 heteroatoms. The normalized spacial score (nSPS) is 14.6. The Morgan fingerprint density at radius 1 is 0.966 bits per heavy atom. The van der Waals surface area contributed by atoms with Gasteiger partial charge in [0.25, 0.3) is 0 Å². The summed E-state index contributed by atoms with van der Waals surface area (Å²) >= 11 is 0. The maximum Gasteiger partial charge on any atom is 0.246 e. The molecule has 1 amide bonds. The molecule has 1 fully saturated rings. The highest BCUT2D eigenvalue weighted by Crippen LogP contribution is 2.22. The van der Waals surface area contributed by atoms with E-state index in [-0.39, 0.29) is 5.91 Å². The summed E-state index contributed by atoms with van der Waals surface area (Å²) in [6, 6.07) is 14.2. The van der Waals surface area contributed by atoms with Gasteiger partial charge in [-0.05, 0) is 49.8 Å². The van der Waals surface area contributed by atoms with Gasteiger partial charge in [0.15, 0.2) is 0 Å². The van der Waals surface area contributed by atoms with Gasteiger partial charge in [0.05, 0.1) is 0 Å². The summed E-state index contributed by atoms with van der Waals surface area (Å²) in [7, 11) is 0. The fourth-order valence-electron chi connectivity index (χ4n) is 3.78. The van der Waals surface area contributed by atoms with Crippen LogP contribution in [0.5, 0.6) is 0 Å². The summed E-state index contributed by atoms with van der Waals surface area (Å²) in [5.74, 6) is 0.770. The van der Waals surface area contributed by atoms with Crippen LogP contribution in [0, 0.1) is 13.8 Å². The number of rotatable bonds is 4. The molecule has 1 aromatic carbocycles. The van der Waals surface area contributed by atoms with Gasteiger partial charge in [-0.15, -0.1) is 0 Å². The van der Waals surface area contributed by atoms with Crippen LogP contribution >= 0.6 is 0 Å². The molecule has 0 atom stereocenters. The standard InChI is InChI=1S/C23H25N5O/c1-18-17-20(19(2)28(18)21-7-4-3-5-8-21)9-10-22(29)26-13-15-27(16-14-26)23-24-11-6-12-25-23/h3-12,17H,13-16H2,1-2H3/b10-9+. The SMILES string of the molecule is Cc1cc(/C=C/C(=O)N2CCN(c3ncccn3)CC2)c(C)n1-c1ccccc1. The zero-order valence-electron chi connectivity index (χ0n) is 16.8. The van der Waals surface area contributed by atoms with Gasteiger partial charge < -0.3 is 14.4 Å². The van der Waals surface area contributed by atoms with Crippen LogP contribution in [0.4, 0.5) is 5.95 Å². The van der Waals surface area contributed by atoms with Crippen molar-refractivity contribution in [3.8, 4) is 5.69 Å². The van der Waals surface area contributed by atoms with E-state index in [9.17, 15) is 4.79 Å². The number of para-hydroxylation sites is 1. The molecule has 2 aromatic heterocycles. The number of nitrogens with zero attached hydrogens (tertiary/aromatic N) is 5. The minimum absolute atomic E-state index is 0.0446. The van der Waals surface area contributed by atoms with E-state index < -0.39 is 0 Å². The van der Waals surface area contributed by atoms with E-state index in [1.54, 1.807) is 18.5 Å². The summed E-state index contributed by atoms with van der Waals surface area (Å²) in [5.41, 5.74) is 4.48. The Hall–Kier alpha value is -3.41. The maximum absolute atomic E-state index is 12.7. The third kappa shape index (κ3) is 4.06. The van der Waals surface area contributed by atoms with Crippen LogP contribution in [0.25, 0.3) is 11.8 Å². The maximum atomic E-state index is 12.7. The van der Waals surface area contributed by atoms with Crippen molar-refractivity contribution in [3.05, 3.63) is 77.9 Å². The molecule has 29 heavy (non-hydrogen) atoms. The molecule has 0 spiro atoms. The van der Waals surface area contributed by atoms with E-state index in [1.165, 1.54) is 0 Å². The third-order valence-electron chi connectivity index (χ3n) is 5.32. The summed E-state index contributed by atoms with van der Waals surface area (Å²) in [6.45, 7) is 7.00. The first-order valence-electron chi connectivity index (χ1n) is 9.87. The van der Waals surface area contributed by atoms with E-state index in [0.29, 0.717) is 13.1 Å². The van der Waals surface area contributed by atoms with E-state index in [0.717, 1.165) is 41.7 Å². The van der Waals surface area contributed by atoms with Gasteiger partial charge in [0, 0.05) is 61.7 Å². The van der Waals surface area contributed by atoms with Crippen molar-refractivity contribution in [3.63, 3.8) is 0 Å². The molecular formula is C23H25N5O. The first-order valence-corrected chi connectivity index (χ1v) is 9.87. The van der Waals surface area contributed by atoms with Crippen molar-refractivity contribution < 1.29 is 4.79 Å². The first kappa shape index (κ1) is 18.9. The lowest BCUT2D eigenvalue weighted by Crippen LogP contribution is -2.48. The van der Waals surface area contributed by atoms with Crippen LogP contribution in [0.3, 0.4) is 0 Å². The van der Waals surface area contributed by atoms with Gasteiger partial charge in [-0.1, -0.05) is 18.2 Å². The number of hydrogen-bond acceptors (Lipinski definition) is 4. The Balaban J connectivity index is 1.42. The van der Waals surface area contributed by atoms with Crippen LogP contribution in [-0.2, 0) is 4.79 Å². The lowest BCUT2D eigenvalue weighted by molar-refractivity contribution is -0.126. The smallest absolute Gasteiger partial charge is 0.246 e. The molecule has 0 saturated carbocycles. The van der Waals surface area contributed by atoms with E-state index in [4.69, 9.17) is 0 Å². The van der Waals surface area contributed by atoms with Gasteiger partial charge in [-0.2, -0.15) is 0 Å². The summed E-state index contributed by atoms with van der Waals surface area (Å²) in [5, 5.41) is 0. The van der Waals surface area contributed by atoms with E-state index in [1.807, 2.05) is 35.2 Å². The summed E-state index contributed by atoms with van der Waals surface area (Å²) in [4.78, 5) is 25.2. The van der Waals surface area contributed by atoms with Crippen molar-refractivity contribution in [2.45, 2.75) is 13.8 Å². The molecule has 6 nitrogen and oxygen atoms in total. The number of anilines is 1. The highest BCUT2D eigenvalue weighted by atomic mass is 16.2. The zero-order valence-corrected chi connectivity index (χ0v) is 16.8. The van der Waals surface area contributed by atoms with Crippen molar-refractivity contribution in [1.82, 2.24) is 19.4 Å². The lowest BCUT2D eigenvalue weighted by atomic mass is 10.2. The van der Waals surface area contributed by atoms with Gasteiger partial charge in [-0.3, -0.25) is 4.79 Å². The number of benzene rings is 1. The molecule has 1 aliphatic rings. The second-order valence-electron chi connectivity index (χ2n) is 7.19. The van der Waals surface area contributed by atoms with Crippen LogP contribution < -0.4 is 4.90 Å². The third-order valence-corrected chi connectivity index (χ3v) is 5.32. The molecule has 1 saturated heterocycles. The fraction of sp³-hybridized carbons (Fsp3) is 0.261. The van der Waals surface area contributed by atoms with Crippen LogP contribution in [0.1, 0.15) is 17.0 Å². The van der Waals surface area contributed by atoms with E-state index in [2.05, 4.69) is 51.5 Å². The van der Waals surface area contributed by atoms with Crippen LogP contribution in [0.15, 0.2) is 60.9 Å². The van der Waals surface area contributed by atoms with Gasteiger partial charge in [0.1, 0.15) is 0 Å². The molecule has 0 N–H and O–H groups in total. The molecule has 0 unspecified atom stereocenters. The molecule has 3 heterocycles. The minimum atomic E-state index is 0.0446. The molecule has 148 valence electrons. The quantitative estimate of drug-likeness (QED) is 0.645. The first-order chi connectivity index (χ1) is 14.1. The Labute approximate surface area is 171 Å². The largest absolute Gasteiger partial charge is 0.337 e. The Morgan fingerprint density at radius 2 is 1.66 bits per heavy atom. The topological polar surface area (TPSA) is 54.3 Å². The number of amides is 1. The Bertz CT molecular complexity index is 1000. The van der Waals surface area contributed by atoms with Gasteiger partial charge >= 0.3 is 0 Å². The molecule has 0 aliphatic carbocycles. The van der Waals surface area contributed by atoms with Gasteiger partial charge in [-0.25, -0.2) is 9.97 Å². The predicted octanol–water partition coefficient (Wildman–Crippen LogP) is 3.25. The summed E-state index contributed by atoms with van der Waals surface area (Å²) < 4.78 is 2.21. The lowest BCUT2D eigenvalue weighted by Gasteiger charge is -2.34. The van der Waals surface area contributed by atoms with Crippen molar-refractivity contribution in [1.29, 1.82) is 0 Å². The van der Waals surface area contributed by atoms with Crippen molar-refractivity contribution in [2.75, 3.05) is 31.1 Å². The van der Waals surface area contributed by atoms with E-state index >= 15 is 0 Å². The highest BCUT2D eigenvalue weighted by molar-refractivity contribution is 5.92. The molecule has 1 aliphatic heterocycles. The Morgan fingerprint density at radius 3 is 2.34 bits per heavy atom. The summed E-state index contributed by atoms with van der Waals surface area (Å²) in [6.07, 6.45) is 7.10. The number of aromatic nitrogens is 3. The van der Waals surface area contributed by atoms with Gasteiger partial charge in [0.2, 0.25) is 11.9 Å². The van der Waals surface area contributed by atoms with Crippen molar-refractivity contribution in [2.24, 2.45) is 0 Å². The Kier molecular flexibility index (Phi) is 5.42. The highest BCUT2D eigenvalue weighted by Gasteiger charge is 2.21. The number of carbonyl (C=O) groups is 1. The fourth-order valence-corrected chi connectivity index (χ4v) is 3.78. The molecule has 0 bridgehead atoms. The average molecular weight is 387 g/mol. The zero-order chi connectivity index (χ0) is 20.2. The van der Waals surface area contributed by atoms with Crippen molar-refractivity contribution >= 4 is 17.9 Å². The molecule has 4 rings (SSSR count). The molecule has 3 aromatic rings. The van der Waals surface area contributed by atoms with Crippen LogP contribution in [0.2, 0.25) is 0 Å². The second-order valence-corrected chi connectivity index (χ2v) is 7.19. The average Bonchev–Trinajstić information content (AvgIpc) is 3.06. The van der Waals surface area contributed by atoms with Crippen LogP contribution in [-0.4, -0.2) is 51.5 Å². The number of carbonyl (C=O) groups excluding carboxylic acids is 1. The molecular weight excluding hydrogens is 362 g/mol. The minimum Gasteiger partial charge on any atom is -0.337 e. The predicted molar refractivity (Wildman–Crippen MR) is 115 cm³/mol. The second kappa shape index (κ2) is 8.31. The number of aryl methyl sites for hydroxylation is 1. The number of hydrogen-bond donors (Lipinski definition) is 0. The monoisotopic (exact) mass is 387 g/mol.